The number of hydrogen-bond acceptors (Lipinski definition) is 6. The molecule has 0 aromatic rings. The molecule has 98 valence electrons. The second kappa shape index (κ2) is 8.20. The molecule has 0 radical (unpaired) electrons. The van der Waals surface area contributed by atoms with Crippen molar-refractivity contribution >= 4 is 43.0 Å². The molecule has 0 aliphatic heterocycles. The van der Waals surface area contributed by atoms with Crippen LogP contribution in [0.4, 0.5) is 0 Å². The Hall–Kier alpha value is -0.930. The van der Waals surface area contributed by atoms with E-state index in [-0.39, 0.29) is 18.1 Å². The molecule has 0 rings (SSSR count). The molecule has 17 heavy (non-hydrogen) atoms. The Morgan fingerprint density at radius 1 is 1.06 bits per heavy atom. The van der Waals surface area contributed by atoms with Crippen molar-refractivity contribution in [2.24, 2.45) is 11.5 Å². The van der Waals surface area contributed by atoms with Gasteiger partial charge in [0, 0.05) is 11.5 Å². The fourth-order valence-electron chi connectivity index (χ4n) is 0.926. The van der Waals surface area contributed by atoms with Gasteiger partial charge in [-0.15, -0.1) is 0 Å². The van der Waals surface area contributed by atoms with Crippen LogP contribution >= 0.6 is 25.3 Å². The van der Waals surface area contributed by atoms with Crippen molar-refractivity contribution in [2.45, 2.75) is 12.1 Å². The molecule has 0 aromatic carbocycles. The first-order chi connectivity index (χ1) is 7.96. The van der Waals surface area contributed by atoms with Gasteiger partial charge in [-0.3, -0.25) is 14.4 Å². The van der Waals surface area contributed by atoms with Crippen molar-refractivity contribution in [1.29, 1.82) is 0 Å². The van der Waals surface area contributed by atoms with Crippen LogP contribution in [0.3, 0.4) is 0 Å². The van der Waals surface area contributed by atoms with Crippen LogP contribution in [-0.2, 0) is 14.4 Å². The van der Waals surface area contributed by atoms with Gasteiger partial charge in [-0.2, -0.15) is 25.3 Å². The summed E-state index contributed by atoms with van der Waals surface area (Å²) in [7, 11) is 0. The number of rotatable bonds is 7. The second-order valence-electron chi connectivity index (χ2n) is 3.15. The molecule has 7 nitrogen and oxygen atoms in total. The molecule has 9 heteroatoms. The standard InChI is InChI=1S/C8H16N4O3S2/c9-1-6(13)11-5(3-17)8(15)12-4(2-16)7(10)14/h4-5,16-17H,1-3,9H2,(H2,10,14)(H,11,13)(H,12,15)/t4-,5-/m1/s1. The molecule has 0 saturated heterocycles. The normalized spacial score (nSPS) is 13.6. The lowest BCUT2D eigenvalue weighted by Crippen LogP contribution is -2.55. The van der Waals surface area contributed by atoms with Crippen LogP contribution in [-0.4, -0.2) is 47.9 Å². The second-order valence-corrected chi connectivity index (χ2v) is 3.88. The van der Waals surface area contributed by atoms with Crippen LogP contribution in [0.5, 0.6) is 0 Å². The van der Waals surface area contributed by atoms with Gasteiger partial charge >= 0.3 is 0 Å². The van der Waals surface area contributed by atoms with E-state index in [0.29, 0.717) is 0 Å². The minimum absolute atomic E-state index is 0.0746. The van der Waals surface area contributed by atoms with E-state index in [2.05, 4.69) is 35.9 Å². The summed E-state index contributed by atoms with van der Waals surface area (Å²) in [6.45, 7) is -0.233. The van der Waals surface area contributed by atoms with Crippen molar-refractivity contribution in [3.05, 3.63) is 0 Å². The third kappa shape index (κ3) is 5.80. The monoisotopic (exact) mass is 280 g/mol. The number of carbonyl (C=O) groups excluding carboxylic acids is 3. The highest BCUT2D eigenvalue weighted by Gasteiger charge is 2.23. The lowest BCUT2D eigenvalue weighted by atomic mass is 10.2. The van der Waals surface area contributed by atoms with E-state index in [1.165, 1.54) is 0 Å². The first-order valence-electron chi connectivity index (χ1n) is 4.77. The highest BCUT2D eigenvalue weighted by molar-refractivity contribution is 7.80. The predicted molar refractivity (Wildman–Crippen MR) is 69.8 cm³/mol. The van der Waals surface area contributed by atoms with Gasteiger partial charge in [0.2, 0.25) is 17.7 Å². The van der Waals surface area contributed by atoms with Crippen LogP contribution in [0, 0.1) is 0 Å². The van der Waals surface area contributed by atoms with Crippen LogP contribution in [0.25, 0.3) is 0 Å². The summed E-state index contributed by atoms with van der Waals surface area (Å²) < 4.78 is 0. The quantitative estimate of drug-likeness (QED) is 0.283. The van der Waals surface area contributed by atoms with Gasteiger partial charge < -0.3 is 22.1 Å². The van der Waals surface area contributed by atoms with Gasteiger partial charge in [-0.25, -0.2) is 0 Å². The van der Waals surface area contributed by atoms with Crippen molar-refractivity contribution < 1.29 is 14.4 Å². The van der Waals surface area contributed by atoms with Crippen molar-refractivity contribution in [1.82, 2.24) is 10.6 Å². The van der Waals surface area contributed by atoms with Crippen LogP contribution in [0.2, 0.25) is 0 Å². The number of hydrogen-bond donors (Lipinski definition) is 6. The Kier molecular flexibility index (Phi) is 7.75. The Labute approximate surface area is 110 Å². The Morgan fingerprint density at radius 2 is 1.59 bits per heavy atom. The summed E-state index contributed by atoms with van der Waals surface area (Å²) in [6, 6.07) is -1.75. The molecule has 2 atom stereocenters. The first-order valence-corrected chi connectivity index (χ1v) is 6.03. The average Bonchev–Trinajstić information content (AvgIpc) is 2.31. The van der Waals surface area contributed by atoms with Gasteiger partial charge in [-0.05, 0) is 0 Å². The lowest BCUT2D eigenvalue weighted by molar-refractivity contribution is -0.130. The molecule has 0 heterocycles. The molecule has 0 spiro atoms. The maximum absolute atomic E-state index is 11.6. The van der Waals surface area contributed by atoms with Gasteiger partial charge in [0.15, 0.2) is 0 Å². The maximum Gasteiger partial charge on any atom is 0.244 e. The number of carbonyl (C=O) groups is 3. The third-order valence-electron chi connectivity index (χ3n) is 1.86. The fraction of sp³-hybridized carbons (Fsp3) is 0.625. The topological polar surface area (TPSA) is 127 Å². The van der Waals surface area contributed by atoms with Gasteiger partial charge in [0.05, 0.1) is 6.54 Å². The van der Waals surface area contributed by atoms with Gasteiger partial charge in [0.25, 0.3) is 0 Å². The minimum Gasteiger partial charge on any atom is -0.368 e. The number of thiol groups is 2. The van der Waals surface area contributed by atoms with Crippen molar-refractivity contribution in [2.75, 3.05) is 18.1 Å². The smallest absolute Gasteiger partial charge is 0.244 e. The molecular weight excluding hydrogens is 264 g/mol. The highest BCUT2D eigenvalue weighted by Crippen LogP contribution is 1.93. The Bertz CT molecular complexity index is 300. The van der Waals surface area contributed by atoms with Crippen molar-refractivity contribution in [3.63, 3.8) is 0 Å². The zero-order chi connectivity index (χ0) is 13.4. The molecule has 0 aliphatic carbocycles. The molecule has 0 aromatic heterocycles. The van der Waals surface area contributed by atoms with Crippen LogP contribution in [0.1, 0.15) is 0 Å². The molecule has 0 aliphatic rings. The van der Waals surface area contributed by atoms with E-state index in [0.717, 1.165) is 0 Å². The van der Waals surface area contributed by atoms with E-state index in [9.17, 15) is 14.4 Å². The SMILES string of the molecule is NCC(=O)N[C@H](CS)C(=O)N[C@H](CS)C(N)=O. The summed E-state index contributed by atoms with van der Waals surface area (Å²) in [5, 5.41) is 4.71. The summed E-state index contributed by atoms with van der Waals surface area (Å²) in [5.41, 5.74) is 10.1. The van der Waals surface area contributed by atoms with E-state index < -0.39 is 29.8 Å². The molecular formula is C8H16N4O3S2. The predicted octanol–water partition coefficient (Wildman–Crippen LogP) is -2.74. The lowest BCUT2D eigenvalue weighted by Gasteiger charge is -2.19. The molecule has 0 unspecified atom stereocenters. The number of nitrogens with one attached hydrogen (secondary N) is 2. The van der Waals surface area contributed by atoms with Crippen LogP contribution < -0.4 is 22.1 Å². The largest absolute Gasteiger partial charge is 0.368 e. The fourth-order valence-corrected chi connectivity index (χ4v) is 1.45. The van der Waals surface area contributed by atoms with Crippen molar-refractivity contribution in [3.8, 4) is 0 Å². The zero-order valence-corrected chi connectivity index (χ0v) is 10.8. The van der Waals surface area contributed by atoms with E-state index in [4.69, 9.17) is 11.5 Å². The van der Waals surface area contributed by atoms with E-state index >= 15 is 0 Å². The minimum atomic E-state index is -0.886. The summed E-state index contributed by atoms with van der Waals surface area (Å²) >= 11 is 7.79. The van der Waals surface area contributed by atoms with E-state index in [1.54, 1.807) is 0 Å². The first kappa shape index (κ1) is 16.1. The number of nitrogens with two attached hydrogens (primary N) is 2. The maximum atomic E-state index is 11.6. The molecule has 6 N–H and O–H groups in total. The summed E-state index contributed by atoms with van der Waals surface area (Å²) in [4.78, 5) is 33.5. The third-order valence-corrected chi connectivity index (χ3v) is 2.59. The Balaban J connectivity index is 4.43. The van der Waals surface area contributed by atoms with Gasteiger partial charge in [0.1, 0.15) is 12.1 Å². The number of amides is 3. The zero-order valence-electron chi connectivity index (χ0n) is 9.05. The molecule has 3 amide bonds. The summed E-state index contributed by atoms with van der Waals surface area (Å²) in [5.74, 6) is -1.59. The number of primary amides is 1. The van der Waals surface area contributed by atoms with E-state index in [1.807, 2.05) is 0 Å². The molecule has 0 fully saturated rings. The average molecular weight is 280 g/mol. The van der Waals surface area contributed by atoms with Gasteiger partial charge in [-0.1, -0.05) is 0 Å². The molecule has 0 saturated carbocycles. The highest BCUT2D eigenvalue weighted by atomic mass is 32.1. The molecule has 0 bridgehead atoms. The van der Waals surface area contributed by atoms with Crippen LogP contribution in [0.15, 0.2) is 0 Å². The Morgan fingerprint density at radius 3 is 1.94 bits per heavy atom. The summed E-state index contributed by atoms with van der Waals surface area (Å²) in [6.07, 6.45) is 0.